The van der Waals surface area contributed by atoms with Gasteiger partial charge in [-0.1, -0.05) is 25.5 Å². The van der Waals surface area contributed by atoms with Gasteiger partial charge in [0, 0.05) is 56.8 Å². The first-order valence-electron chi connectivity index (χ1n) is 12.9. The van der Waals surface area contributed by atoms with E-state index in [1.165, 1.54) is 0 Å². The van der Waals surface area contributed by atoms with Gasteiger partial charge in [-0.05, 0) is 31.0 Å². The number of anilines is 1. The minimum absolute atomic E-state index is 0.113. The van der Waals surface area contributed by atoms with E-state index < -0.39 is 0 Å². The minimum Gasteiger partial charge on any atom is -0.497 e. The van der Waals surface area contributed by atoms with Crippen molar-refractivity contribution in [1.29, 1.82) is 0 Å². The quantitative estimate of drug-likeness (QED) is 0.405. The number of carbonyl (C=O) groups is 2. The molecule has 1 unspecified atom stereocenters. The molecule has 1 saturated heterocycles. The highest BCUT2D eigenvalue weighted by Gasteiger charge is 2.33. The average molecular weight is 522 g/mol. The van der Waals surface area contributed by atoms with Crippen LogP contribution in [0.4, 0.5) is 10.6 Å². The highest BCUT2D eigenvalue weighted by molar-refractivity contribution is 5.77. The van der Waals surface area contributed by atoms with E-state index in [-0.39, 0.29) is 24.5 Å². The van der Waals surface area contributed by atoms with Crippen LogP contribution in [0, 0.1) is 6.92 Å². The van der Waals surface area contributed by atoms with Crippen LogP contribution in [-0.2, 0) is 16.1 Å². The molecule has 11 heteroatoms. The van der Waals surface area contributed by atoms with Crippen LogP contribution < -0.4 is 15.0 Å². The van der Waals surface area contributed by atoms with Gasteiger partial charge >= 0.3 is 6.09 Å². The summed E-state index contributed by atoms with van der Waals surface area (Å²) in [6, 6.07) is 9.17. The van der Waals surface area contributed by atoms with E-state index in [0.29, 0.717) is 44.6 Å². The van der Waals surface area contributed by atoms with Crippen LogP contribution in [0.2, 0.25) is 0 Å². The lowest BCUT2D eigenvalue weighted by atomic mass is 10.1. The molecule has 1 aliphatic rings. The Kier molecular flexibility index (Phi) is 9.12. The molecule has 0 aliphatic carbocycles. The molecule has 0 bridgehead atoms. The van der Waals surface area contributed by atoms with Crippen molar-refractivity contribution in [3.63, 3.8) is 0 Å². The van der Waals surface area contributed by atoms with Crippen LogP contribution in [0.25, 0.3) is 5.95 Å². The number of methoxy groups -OCH3 is 1. The molecular formula is C27H35N7O4. The predicted octanol–water partition coefficient (Wildman–Crippen LogP) is 3.11. The molecule has 2 aromatic heterocycles. The Morgan fingerprint density at radius 3 is 2.68 bits per heavy atom. The molecule has 3 aromatic rings. The van der Waals surface area contributed by atoms with Gasteiger partial charge < -0.3 is 24.6 Å². The summed E-state index contributed by atoms with van der Waals surface area (Å²) in [7, 11) is 1.62. The Morgan fingerprint density at radius 2 is 1.97 bits per heavy atom. The monoisotopic (exact) mass is 521 g/mol. The second kappa shape index (κ2) is 12.9. The van der Waals surface area contributed by atoms with Gasteiger partial charge in [0.1, 0.15) is 17.9 Å². The lowest BCUT2D eigenvalue weighted by molar-refractivity contribution is -0.121. The van der Waals surface area contributed by atoms with Gasteiger partial charge in [-0.15, -0.1) is 0 Å². The van der Waals surface area contributed by atoms with Crippen molar-refractivity contribution in [2.24, 2.45) is 0 Å². The minimum atomic E-state index is -0.347. The molecule has 38 heavy (non-hydrogen) atoms. The molecule has 11 nitrogen and oxygen atoms in total. The molecule has 0 saturated carbocycles. The highest BCUT2D eigenvalue weighted by Crippen LogP contribution is 2.23. The third-order valence-corrected chi connectivity index (χ3v) is 6.39. The maximum atomic E-state index is 13.1. The lowest BCUT2D eigenvalue weighted by Gasteiger charge is -2.41. The number of piperazine rings is 1. The van der Waals surface area contributed by atoms with E-state index in [1.807, 2.05) is 37.3 Å². The predicted molar refractivity (Wildman–Crippen MR) is 142 cm³/mol. The maximum Gasteiger partial charge on any atom is 0.409 e. The van der Waals surface area contributed by atoms with E-state index >= 15 is 0 Å². The van der Waals surface area contributed by atoms with Gasteiger partial charge in [0.15, 0.2) is 0 Å². The normalized spacial score (nSPS) is 15.3. The summed E-state index contributed by atoms with van der Waals surface area (Å²) in [5.41, 5.74) is 1.76. The number of imidazole rings is 1. The largest absolute Gasteiger partial charge is 0.497 e. The van der Waals surface area contributed by atoms with Gasteiger partial charge in [-0.2, -0.15) is 4.98 Å². The van der Waals surface area contributed by atoms with Crippen molar-refractivity contribution >= 4 is 17.8 Å². The molecule has 0 radical (unpaired) electrons. The number of aryl methyl sites for hydroxylation is 1. The van der Waals surface area contributed by atoms with E-state index in [1.54, 1.807) is 35.3 Å². The first-order chi connectivity index (χ1) is 18.5. The third kappa shape index (κ3) is 6.99. The zero-order valence-corrected chi connectivity index (χ0v) is 22.2. The molecule has 1 N–H and O–H groups in total. The molecule has 1 aliphatic heterocycles. The van der Waals surface area contributed by atoms with Gasteiger partial charge in [0.25, 0.3) is 0 Å². The number of aromatic nitrogens is 4. The fraction of sp³-hybridized carbons (Fsp3) is 0.444. The van der Waals surface area contributed by atoms with Crippen molar-refractivity contribution in [3.05, 3.63) is 60.3 Å². The summed E-state index contributed by atoms with van der Waals surface area (Å²) in [6.07, 6.45) is 6.71. The summed E-state index contributed by atoms with van der Waals surface area (Å²) < 4.78 is 12.4. The SMILES string of the molecule is CCCCOC(=O)N1CCN(c2cc(C)nc(-n3ccnc3)n2)C(CC(=O)NCc2ccc(OC)cc2)C1. The van der Waals surface area contributed by atoms with Crippen molar-refractivity contribution in [1.82, 2.24) is 29.7 Å². The molecule has 1 fully saturated rings. The number of benzene rings is 1. The molecule has 3 heterocycles. The van der Waals surface area contributed by atoms with Crippen LogP contribution in [0.15, 0.2) is 49.1 Å². The summed E-state index contributed by atoms with van der Waals surface area (Å²) in [4.78, 5) is 42.9. The van der Waals surface area contributed by atoms with E-state index in [4.69, 9.17) is 14.5 Å². The second-order valence-corrected chi connectivity index (χ2v) is 9.23. The summed E-state index contributed by atoms with van der Waals surface area (Å²) in [5, 5.41) is 3.00. The Balaban J connectivity index is 1.49. The van der Waals surface area contributed by atoms with Crippen molar-refractivity contribution in [2.45, 2.75) is 45.7 Å². The van der Waals surface area contributed by atoms with Crippen LogP contribution in [0.5, 0.6) is 5.75 Å². The van der Waals surface area contributed by atoms with E-state index in [0.717, 1.165) is 29.8 Å². The topological polar surface area (TPSA) is 115 Å². The third-order valence-electron chi connectivity index (χ3n) is 6.39. The molecule has 202 valence electrons. The average Bonchev–Trinajstić information content (AvgIpc) is 3.47. The first-order valence-corrected chi connectivity index (χ1v) is 12.9. The zero-order valence-electron chi connectivity index (χ0n) is 22.2. The van der Waals surface area contributed by atoms with Crippen molar-refractivity contribution < 1.29 is 19.1 Å². The number of rotatable bonds is 10. The number of hydrogen-bond donors (Lipinski definition) is 1. The summed E-state index contributed by atoms with van der Waals surface area (Å²) >= 11 is 0. The van der Waals surface area contributed by atoms with Crippen LogP contribution in [-0.4, -0.2) is 75.8 Å². The molecule has 1 aromatic carbocycles. The Morgan fingerprint density at radius 1 is 1.16 bits per heavy atom. The van der Waals surface area contributed by atoms with Gasteiger partial charge in [0.2, 0.25) is 11.9 Å². The Hall–Kier alpha value is -4.15. The number of unbranched alkanes of at least 4 members (excludes halogenated alkanes) is 1. The van der Waals surface area contributed by atoms with Crippen molar-refractivity contribution in [2.75, 3.05) is 38.3 Å². The van der Waals surface area contributed by atoms with Crippen molar-refractivity contribution in [3.8, 4) is 11.7 Å². The number of carbonyl (C=O) groups excluding carboxylic acids is 2. The second-order valence-electron chi connectivity index (χ2n) is 9.23. The highest BCUT2D eigenvalue weighted by atomic mass is 16.6. The van der Waals surface area contributed by atoms with Crippen LogP contribution in [0.3, 0.4) is 0 Å². The Bertz CT molecular complexity index is 1200. The van der Waals surface area contributed by atoms with Gasteiger partial charge in [0.05, 0.1) is 19.8 Å². The zero-order chi connectivity index (χ0) is 26.9. The number of nitrogens with zero attached hydrogens (tertiary/aromatic N) is 6. The van der Waals surface area contributed by atoms with Gasteiger partial charge in [-0.25, -0.2) is 14.8 Å². The summed E-state index contributed by atoms with van der Waals surface area (Å²) in [6.45, 7) is 6.08. The molecule has 2 amide bonds. The first kappa shape index (κ1) is 26.9. The number of nitrogens with one attached hydrogen (secondary N) is 1. The van der Waals surface area contributed by atoms with E-state index in [9.17, 15) is 9.59 Å². The van der Waals surface area contributed by atoms with Crippen LogP contribution >= 0.6 is 0 Å². The number of amides is 2. The Labute approximate surface area is 222 Å². The van der Waals surface area contributed by atoms with Crippen LogP contribution in [0.1, 0.15) is 37.4 Å². The molecular weight excluding hydrogens is 486 g/mol. The smallest absolute Gasteiger partial charge is 0.409 e. The molecule has 0 spiro atoms. The molecule has 4 rings (SSSR count). The summed E-state index contributed by atoms with van der Waals surface area (Å²) in [5.74, 6) is 1.85. The van der Waals surface area contributed by atoms with Gasteiger partial charge in [-0.3, -0.25) is 9.36 Å². The standard InChI is InChI=1S/C27H35N7O4/c1-4-5-14-38-27(36)32-12-13-34(24-15-20(2)30-26(31-24)33-11-10-28-19-33)22(18-32)16-25(35)29-17-21-6-8-23(37-3)9-7-21/h6-11,15,19,22H,4-5,12-14,16-18H2,1-3H3,(H,29,35). The molecule has 1 atom stereocenters. The fourth-order valence-electron chi connectivity index (χ4n) is 4.30. The number of hydrogen-bond acceptors (Lipinski definition) is 8. The maximum absolute atomic E-state index is 13.1. The van der Waals surface area contributed by atoms with E-state index in [2.05, 4.69) is 27.1 Å². The lowest BCUT2D eigenvalue weighted by Crippen LogP contribution is -2.56. The number of ether oxygens (including phenoxy) is 2. The fourth-order valence-corrected chi connectivity index (χ4v) is 4.30.